The van der Waals surface area contributed by atoms with Crippen LogP contribution in [-0.4, -0.2) is 42.6 Å². The third-order valence-corrected chi connectivity index (χ3v) is 4.87. The van der Waals surface area contributed by atoms with E-state index in [9.17, 15) is 14.4 Å². The van der Waals surface area contributed by atoms with Crippen LogP contribution >= 0.6 is 0 Å². The molecule has 1 amide bonds. The zero-order valence-corrected chi connectivity index (χ0v) is 16.9. The Kier molecular flexibility index (Phi) is 6.33. The Morgan fingerprint density at radius 3 is 2.30 bits per heavy atom. The number of likely N-dealkylation sites (N-methyl/N-ethyl adjacent to an activating group) is 1. The van der Waals surface area contributed by atoms with Crippen LogP contribution in [0.2, 0.25) is 0 Å². The van der Waals surface area contributed by atoms with Crippen molar-refractivity contribution in [3.05, 3.63) is 51.8 Å². The van der Waals surface area contributed by atoms with Gasteiger partial charge in [0.2, 0.25) is 5.78 Å². The lowest BCUT2D eigenvalue weighted by Gasteiger charge is -2.14. The molecule has 6 nitrogen and oxygen atoms in total. The van der Waals surface area contributed by atoms with Crippen molar-refractivity contribution in [2.45, 2.75) is 34.6 Å². The van der Waals surface area contributed by atoms with Gasteiger partial charge < -0.3 is 15.2 Å². The van der Waals surface area contributed by atoms with E-state index in [-0.39, 0.29) is 30.6 Å². The number of amides is 1. The van der Waals surface area contributed by atoms with Crippen LogP contribution in [0.5, 0.6) is 0 Å². The zero-order valence-electron chi connectivity index (χ0n) is 16.9. The minimum atomic E-state index is -0.141. The van der Waals surface area contributed by atoms with Crippen LogP contribution in [0.4, 0.5) is 5.69 Å². The molecule has 0 saturated carbocycles. The molecule has 1 aromatic heterocycles. The topological polar surface area (TPSA) is 83.5 Å². The van der Waals surface area contributed by atoms with Crippen molar-refractivity contribution in [2.75, 3.05) is 25.5 Å². The number of aromatic nitrogens is 1. The number of aryl methyl sites for hydroxylation is 2. The number of carbonyl (C=O) groups excluding carboxylic acids is 3. The Bertz CT molecular complexity index is 896. The largest absolute Gasteiger partial charge is 0.355 e. The maximum absolute atomic E-state index is 12.6. The highest BCUT2D eigenvalue weighted by atomic mass is 16.2. The van der Waals surface area contributed by atoms with Crippen molar-refractivity contribution >= 4 is 23.2 Å². The molecule has 6 heteroatoms. The van der Waals surface area contributed by atoms with E-state index in [0.29, 0.717) is 22.5 Å². The number of anilines is 1. The van der Waals surface area contributed by atoms with Crippen LogP contribution in [0.1, 0.15) is 50.2 Å². The summed E-state index contributed by atoms with van der Waals surface area (Å²) in [5.74, 6) is -0.313. The minimum absolute atomic E-state index is 0.0612. The second kappa shape index (κ2) is 8.31. The SMILES string of the molecule is CC(=O)c1c(C)[nH]c(C(=O)C[NH+](C)CC(=O)Nc2cccc(C)c2C)c1C. The molecule has 1 aromatic carbocycles. The normalized spacial score (nSPS) is 11.9. The molecule has 0 bridgehead atoms. The second-order valence-corrected chi connectivity index (χ2v) is 7.21. The smallest absolute Gasteiger partial charge is 0.279 e. The number of hydrogen-bond acceptors (Lipinski definition) is 3. The van der Waals surface area contributed by atoms with E-state index in [2.05, 4.69) is 10.3 Å². The van der Waals surface area contributed by atoms with Crippen molar-refractivity contribution in [1.82, 2.24) is 4.98 Å². The lowest BCUT2D eigenvalue weighted by molar-refractivity contribution is -0.861. The number of carbonyl (C=O) groups is 3. The van der Waals surface area contributed by atoms with Gasteiger partial charge in [-0.2, -0.15) is 0 Å². The first-order chi connectivity index (χ1) is 12.6. The van der Waals surface area contributed by atoms with E-state index in [1.807, 2.05) is 32.0 Å². The molecule has 1 unspecified atom stereocenters. The van der Waals surface area contributed by atoms with Crippen molar-refractivity contribution in [3.63, 3.8) is 0 Å². The predicted octanol–water partition coefficient (Wildman–Crippen LogP) is 1.79. The number of benzene rings is 1. The van der Waals surface area contributed by atoms with Gasteiger partial charge in [0.1, 0.15) is 6.54 Å². The molecule has 0 aliphatic carbocycles. The molecule has 0 fully saturated rings. The van der Waals surface area contributed by atoms with Crippen LogP contribution in [0.15, 0.2) is 18.2 Å². The van der Waals surface area contributed by atoms with Gasteiger partial charge in [-0.1, -0.05) is 12.1 Å². The standard InChI is InChI=1S/C21H27N3O3/c1-12-8-7-9-17(13(12)2)23-19(27)11-24(6)10-18(26)21-14(3)20(16(5)25)15(4)22-21/h7-9,22H,10-11H2,1-6H3,(H,23,27)/p+1. The van der Waals surface area contributed by atoms with Gasteiger partial charge in [-0.3, -0.25) is 14.4 Å². The number of hydrogen-bond donors (Lipinski definition) is 3. The molecule has 0 radical (unpaired) electrons. The van der Waals surface area contributed by atoms with Crippen LogP contribution in [0.25, 0.3) is 0 Å². The van der Waals surface area contributed by atoms with E-state index in [1.165, 1.54) is 6.92 Å². The lowest BCUT2D eigenvalue weighted by atomic mass is 10.1. The van der Waals surface area contributed by atoms with Crippen molar-refractivity contribution < 1.29 is 19.3 Å². The summed E-state index contributed by atoms with van der Waals surface area (Å²) in [5, 5.41) is 2.91. The summed E-state index contributed by atoms with van der Waals surface area (Å²) in [5.41, 5.74) is 5.35. The number of rotatable bonds is 7. The first-order valence-electron chi connectivity index (χ1n) is 9.02. The number of aromatic amines is 1. The van der Waals surface area contributed by atoms with Gasteiger partial charge in [-0.25, -0.2) is 0 Å². The molecule has 2 aromatic rings. The first kappa shape index (κ1) is 20.6. The highest BCUT2D eigenvalue weighted by Crippen LogP contribution is 2.19. The van der Waals surface area contributed by atoms with E-state index in [1.54, 1.807) is 20.9 Å². The van der Waals surface area contributed by atoms with Gasteiger partial charge in [-0.15, -0.1) is 0 Å². The van der Waals surface area contributed by atoms with Crippen molar-refractivity contribution in [1.29, 1.82) is 0 Å². The third kappa shape index (κ3) is 4.71. The predicted molar refractivity (Wildman–Crippen MR) is 106 cm³/mol. The van der Waals surface area contributed by atoms with Crippen molar-refractivity contribution in [2.24, 2.45) is 0 Å². The first-order valence-corrected chi connectivity index (χ1v) is 9.02. The number of nitrogens with one attached hydrogen (secondary N) is 3. The average molecular weight is 370 g/mol. The van der Waals surface area contributed by atoms with Crippen LogP contribution in [-0.2, 0) is 4.79 Å². The van der Waals surface area contributed by atoms with Crippen LogP contribution in [0.3, 0.4) is 0 Å². The molecule has 0 aliphatic rings. The number of H-pyrrole nitrogens is 1. The summed E-state index contributed by atoms with van der Waals surface area (Å²) >= 11 is 0. The van der Waals surface area contributed by atoms with E-state index in [4.69, 9.17) is 0 Å². The van der Waals surface area contributed by atoms with E-state index >= 15 is 0 Å². The molecular weight excluding hydrogens is 342 g/mol. The van der Waals surface area contributed by atoms with Gasteiger partial charge in [0.25, 0.3) is 5.91 Å². The summed E-state index contributed by atoms with van der Waals surface area (Å²) in [7, 11) is 1.80. The molecule has 1 atom stereocenters. The van der Waals surface area contributed by atoms with Crippen molar-refractivity contribution in [3.8, 4) is 0 Å². The number of ketones is 2. The monoisotopic (exact) mass is 370 g/mol. The van der Waals surface area contributed by atoms with Gasteiger partial charge in [0.15, 0.2) is 12.3 Å². The summed E-state index contributed by atoms with van der Waals surface area (Å²) in [6.07, 6.45) is 0. The fraction of sp³-hybridized carbons (Fsp3) is 0.381. The maximum atomic E-state index is 12.6. The van der Waals surface area contributed by atoms with Gasteiger partial charge in [0, 0.05) is 16.9 Å². The molecule has 0 aliphatic heterocycles. The highest BCUT2D eigenvalue weighted by molar-refractivity contribution is 6.03. The molecule has 27 heavy (non-hydrogen) atoms. The van der Waals surface area contributed by atoms with Crippen LogP contribution in [0, 0.1) is 27.7 Å². The van der Waals surface area contributed by atoms with Gasteiger partial charge in [-0.05, 0) is 57.4 Å². The Morgan fingerprint density at radius 2 is 1.70 bits per heavy atom. The Hall–Kier alpha value is -2.73. The molecular formula is C21H28N3O3+. The maximum Gasteiger partial charge on any atom is 0.279 e. The molecule has 0 saturated heterocycles. The lowest BCUT2D eigenvalue weighted by Crippen LogP contribution is -3.11. The Labute approximate surface area is 160 Å². The highest BCUT2D eigenvalue weighted by Gasteiger charge is 2.23. The minimum Gasteiger partial charge on any atom is -0.355 e. The fourth-order valence-electron chi connectivity index (χ4n) is 3.34. The Morgan fingerprint density at radius 1 is 1.04 bits per heavy atom. The van der Waals surface area contributed by atoms with E-state index in [0.717, 1.165) is 21.7 Å². The summed E-state index contributed by atoms with van der Waals surface area (Å²) in [6.45, 7) is 9.36. The molecule has 1 heterocycles. The summed E-state index contributed by atoms with van der Waals surface area (Å²) in [6, 6.07) is 5.77. The molecule has 3 N–H and O–H groups in total. The molecule has 144 valence electrons. The zero-order chi connectivity index (χ0) is 20.3. The summed E-state index contributed by atoms with van der Waals surface area (Å²) in [4.78, 5) is 40.5. The third-order valence-electron chi connectivity index (χ3n) is 4.87. The fourth-order valence-corrected chi connectivity index (χ4v) is 3.34. The second-order valence-electron chi connectivity index (χ2n) is 7.21. The number of quaternary nitrogens is 1. The quantitative estimate of drug-likeness (QED) is 0.650. The van der Waals surface area contributed by atoms with Gasteiger partial charge >= 0.3 is 0 Å². The Balaban J connectivity index is 2.01. The average Bonchev–Trinajstić information content (AvgIpc) is 2.86. The van der Waals surface area contributed by atoms with Crippen LogP contribution < -0.4 is 10.2 Å². The number of Topliss-reactive ketones (excluding diaryl/α,β-unsaturated/α-hetero) is 2. The summed E-state index contributed by atoms with van der Waals surface area (Å²) < 4.78 is 0. The van der Waals surface area contributed by atoms with Gasteiger partial charge in [0.05, 0.1) is 12.7 Å². The molecule has 0 spiro atoms. The van der Waals surface area contributed by atoms with E-state index < -0.39 is 0 Å². The molecule has 2 rings (SSSR count).